The largest absolute Gasteiger partial charge is 0.465 e. The van der Waals surface area contributed by atoms with Crippen molar-refractivity contribution in [3.05, 3.63) is 82.3 Å². The van der Waals surface area contributed by atoms with Crippen LogP contribution in [0.3, 0.4) is 0 Å². The zero-order valence-electron chi connectivity index (χ0n) is 16.6. The summed E-state index contributed by atoms with van der Waals surface area (Å²) in [6.45, 7) is 4.43. The van der Waals surface area contributed by atoms with Gasteiger partial charge in [-0.3, -0.25) is 0 Å². The van der Waals surface area contributed by atoms with Gasteiger partial charge in [-0.1, -0.05) is 58.4 Å². The average Bonchev–Trinajstić information content (AvgIpc) is 3.07. The molecular weight excluding hydrogens is 448 g/mol. The average molecular weight is 475 g/mol. The van der Waals surface area contributed by atoms with Crippen LogP contribution in [0.4, 0.5) is 4.79 Å². The second-order valence-electron chi connectivity index (χ2n) is 7.39. The van der Waals surface area contributed by atoms with Crippen LogP contribution >= 0.6 is 15.9 Å². The molecule has 30 heavy (non-hydrogen) atoms. The maximum Gasteiger partial charge on any atom is 0.404 e. The minimum absolute atomic E-state index is 0.00386. The molecular formula is C23H27BrN2O4. The highest BCUT2D eigenvalue weighted by atomic mass is 79.9. The lowest BCUT2D eigenvalue weighted by Gasteiger charge is -2.25. The van der Waals surface area contributed by atoms with Crippen molar-refractivity contribution in [2.24, 2.45) is 0 Å². The Morgan fingerprint density at radius 3 is 2.73 bits per heavy atom. The standard InChI is InChI=1S/C23H27BrN2O4/c1-2-10-30-22-13-19(18-12-16(24)8-9-17(18)22)25-14-21(27)20(26-23(28)29)11-15-6-4-3-5-7-15/h2-9,12,19-22,25-27H,1,10-11,13-14H2,(H,28,29)/t19-,20?,21+,22+/m0/s1. The Morgan fingerprint density at radius 2 is 2.03 bits per heavy atom. The second-order valence-corrected chi connectivity index (χ2v) is 8.31. The highest BCUT2D eigenvalue weighted by molar-refractivity contribution is 9.10. The first-order valence-electron chi connectivity index (χ1n) is 9.94. The van der Waals surface area contributed by atoms with Gasteiger partial charge in [0.2, 0.25) is 0 Å². The van der Waals surface area contributed by atoms with E-state index in [1.54, 1.807) is 6.08 Å². The summed E-state index contributed by atoms with van der Waals surface area (Å²) in [6, 6.07) is 15.0. The number of carboxylic acid groups (broad SMARTS) is 1. The Hall–Kier alpha value is -2.19. The lowest BCUT2D eigenvalue weighted by atomic mass is 10.0. The van der Waals surface area contributed by atoms with Crippen molar-refractivity contribution in [3.8, 4) is 0 Å². The van der Waals surface area contributed by atoms with Gasteiger partial charge in [0.1, 0.15) is 0 Å². The number of carbonyl (C=O) groups is 1. The predicted octanol–water partition coefficient (Wildman–Crippen LogP) is 3.97. The summed E-state index contributed by atoms with van der Waals surface area (Å²) in [7, 11) is 0. The van der Waals surface area contributed by atoms with Gasteiger partial charge in [0.05, 0.1) is 24.9 Å². The highest BCUT2D eigenvalue weighted by Crippen LogP contribution is 2.42. The van der Waals surface area contributed by atoms with E-state index in [4.69, 9.17) is 4.74 Å². The van der Waals surface area contributed by atoms with Gasteiger partial charge in [-0.25, -0.2) is 4.79 Å². The molecule has 3 rings (SSSR count). The monoisotopic (exact) mass is 474 g/mol. The normalized spacial score (nSPS) is 19.7. The Morgan fingerprint density at radius 1 is 1.27 bits per heavy atom. The van der Waals surface area contributed by atoms with Gasteiger partial charge >= 0.3 is 6.09 Å². The van der Waals surface area contributed by atoms with Crippen molar-refractivity contribution in [1.29, 1.82) is 0 Å². The zero-order valence-corrected chi connectivity index (χ0v) is 18.2. The summed E-state index contributed by atoms with van der Waals surface area (Å²) in [5.74, 6) is 0. The molecule has 6 nitrogen and oxygen atoms in total. The van der Waals surface area contributed by atoms with E-state index in [2.05, 4.69) is 45.3 Å². The minimum Gasteiger partial charge on any atom is -0.465 e. The first-order valence-corrected chi connectivity index (χ1v) is 10.7. The van der Waals surface area contributed by atoms with Crippen LogP contribution in [0.2, 0.25) is 0 Å². The second kappa shape index (κ2) is 10.7. The number of amides is 1. The number of rotatable bonds is 10. The van der Waals surface area contributed by atoms with E-state index < -0.39 is 18.2 Å². The van der Waals surface area contributed by atoms with Gasteiger partial charge in [-0.2, -0.15) is 0 Å². The van der Waals surface area contributed by atoms with Crippen molar-refractivity contribution in [1.82, 2.24) is 10.6 Å². The Kier molecular flexibility index (Phi) is 8.04. The number of benzene rings is 2. The predicted molar refractivity (Wildman–Crippen MR) is 119 cm³/mol. The molecule has 0 heterocycles. The number of nitrogens with one attached hydrogen (secondary N) is 2. The molecule has 1 unspecified atom stereocenters. The van der Waals surface area contributed by atoms with Gasteiger partial charge in [-0.15, -0.1) is 6.58 Å². The van der Waals surface area contributed by atoms with Crippen molar-refractivity contribution in [2.45, 2.75) is 37.1 Å². The molecule has 0 spiro atoms. The molecule has 0 bridgehead atoms. The molecule has 4 N–H and O–H groups in total. The lowest BCUT2D eigenvalue weighted by molar-refractivity contribution is 0.0672. The maximum atomic E-state index is 11.2. The van der Waals surface area contributed by atoms with Crippen LogP contribution in [-0.4, -0.2) is 41.6 Å². The van der Waals surface area contributed by atoms with E-state index in [0.29, 0.717) is 13.0 Å². The van der Waals surface area contributed by atoms with E-state index >= 15 is 0 Å². The van der Waals surface area contributed by atoms with Gasteiger partial charge in [0, 0.05) is 17.1 Å². The number of aliphatic hydroxyl groups excluding tert-OH is 1. The summed E-state index contributed by atoms with van der Waals surface area (Å²) >= 11 is 3.52. The first kappa shape index (κ1) is 22.5. The van der Waals surface area contributed by atoms with E-state index in [9.17, 15) is 15.0 Å². The molecule has 1 amide bonds. The number of hydrogen-bond acceptors (Lipinski definition) is 4. The third-order valence-electron chi connectivity index (χ3n) is 5.28. The fourth-order valence-corrected chi connectivity index (χ4v) is 4.24. The minimum atomic E-state index is -1.15. The van der Waals surface area contributed by atoms with E-state index in [-0.39, 0.29) is 18.7 Å². The van der Waals surface area contributed by atoms with Crippen molar-refractivity contribution in [3.63, 3.8) is 0 Å². The number of fused-ring (bicyclic) bond motifs is 1. The molecule has 0 aromatic heterocycles. The third-order valence-corrected chi connectivity index (χ3v) is 5.77. The molecule has 1 aliphatic carbocycles. The van der Waals surface area contributed by atoms with Gasteiger partial charge < -0.3 is 25.6 Å². The molecule has 2 aromatic rings. The van der Waals surface area contributed by atoms with Crippen molar-refractivity contribution in [2.75, 3.05) is 13.2 Å². The number of aliphatic hydroxyl groups is 1. The molecule has 0 saturated carbocycles. The molecule has 160 valence electrons. The molecule has 0 aliphatic heterocycles. The Labute approximate surface area is 185 Å². The van der Waals surface area contributed by atoms with E-state index in [1.807, 2.05) is 36.4 Å². The SMILES string of the molecule is C=CCO[C@@H]1C[C@H](NC[C@@H](O)C(Cc2ccccc2)NC(=O)O)c2cc(Br)ccc21. The van der Waals surface area contributed by atoms with E-state index in [0.717, 1.165) is 27.6 Å². The van der Waals surface area contributed by atoms with Crippen LogP contribution in [-0.2, 0) is 11.2 Å². The number of ether oxygens (including phenoxy) is 1. The smallest absolute Gasteiger partial charge is 0.404 e. The summed E-state index contributed by atoms with van der Waals surface area (Å²) < 4.78 is 6.89. The van der Waals surface area contributed by atoms with Crippen LogP contribution in [0.25, 0.3) is 0 Å². The summed E-state index contributed by atoms with van der Waals surface area (Å²) in [6.07, 6.45) is 0.802. The van der Waals surface area contributed by atoms with Crippen molar-refractivity contribution >= 4 is 22.0 Å². The summed E-state index contributed by atoms with van der Waals surface area (Å²) in [5, 5.41) is 25.8. The molecule has 2 aromatic carbocycles. The third kappa shape index (κ3) is 5.92. The fourth-order valence-electron chi connectivity index (χ4n) is 3.86. The van der Waals surface area contributed by atoms with E-state index in [1.165, 1.54) is 0 Å². The molecule has 4 atom stereocenters. The lowest BCUT2D eigenvalue weighted by Crippen LogP contribution is -2.48. The van der Waals surface area contributed by atoms with Crippen LogP contribution in [0.5, 0.6) is 0 Å². The van der Waals surface area contributed by atoms with Crippen LogP contribution in [0.15, 0.2) is 65.7 Å². The summed E-state index contributed by atoms with van der Waals surface area (Å²) in [5.41, 5.74) is 3.20. The number of halogens is 1. The molecule has 0 saturated heterocycles. The molecule has 7 heteroatoms. The van der Waals surface area contributed by atoms with Crippen LogP contribution in [0, 0.1) is 0 Å². The van der Waals surface area contributed by atoms with Crippen LogP contribution < -0.4 is 10.6 Å². The Bertz CT molecular complexity index is 862. The zero-order chi connectivity index (χ0) is 21.5. The number of hydrogen-bond donors (Lipinski definition) is 4. The molecule has 0 fully saturated rings. The fraction of sp³-hybridized carbons (Fsp3) is 0.348. The first-order chi connectivity index (χ1) is 14.5. The van der Waals surface area contributed by atoms with Gasteiger partial charge in [0.15, 0.2) is 0 Å². The van der Waals surface area contributed by atoms with Gasteiger partial charge in [0.25, 0.3) is 0 Å². The van der Waals surface area contributed by atoms with Crippen molar-refractivity contribution < 1.29 is 19.7 Å². The molecule has 1 aliphatic rings. The van der Waals surface area contributed by atoms with Gasteiger partial charge in [-0.05, 0) is 41.7 Å². The Balaban J connectivity index is 1.67. The maximum absolute atomic E-state index is 11.2. The highest BCUT2D eigenvalue weighted by Gasteiger charge is 2.32. The quantitative estimate of drug-likeness (QED) is 0.391. The van der Waals surface area contributed by atoms with Crippen LogP contribution in [0.1, 0.15) is 35.3 Å². The summed E-state index contributed by atoms with van der Waals surface area (Å²) in [4.78, 5) is 11.2. The molecule has 0 radical (unpaired) electrons. The topological polar surface area (TPSA) is 90.8 Å².